The van der Waals surface area contributed by atoms with E-state index in [1.165, 1.54) is 10.8 Å². The summed E-state index contributed by atoms with van der Waals surface area (Å²) in [7, 11) is 0. The second-order valence-electron chi connectivity index (χ2n) is 11.7. The van der Waals surface area contributed by atoms with Gasteiger partial charge in [0.05, 0.1) is 22.1 Å². The van der Waals surface area contributed by atoms with E-state index in [9.17, 15) is 0 Å². The maximum Gasteiger partial charge on any atom is 0.238 e. The molecule has 0 radical (unpaired) electrons. The first-order valence-corrected chi connectivity index (χ1v) is 16.7. The Labute approximate surface area is 292 Å². The molecule has 0 spiro atoms. The average Bonchev–Trinajstić information content (AvgIpc) is 3.70. The zero-order chi connectivity index (χ0) is 34.5. The third kappa shape index (κ3) is 5.75. The monoisotopic (exact) mass is 647 g/mol. The van der Waals surface area contributed by atoms with Crippen LogP contribution in [0.5, 0.6) is 0 Å². The van der Waals surface area contributed by atoms with E-state index in [1.54, 1.807) is 12.2 Å². The van der Waals surface area contributed by atoms with Crippen LogP contribution in [0.1, 0.15) is 13.8 Å². The molecule has 0 unspecified atom stereocenters. The molecule has 3 aromatic heterocycles. The van der Waals surface area contributed by atoms with Crippen molar-refractivity contribution in [3.8, 4) is 34.4 Å². The second kappa shape index (κ2) is 14.3. The van der Waals surface area contributed by atoms with Crippen molar-refractivity contribution < 1.29 is 0 Å². The summed E-state index contributed by atoms with van der Waals surface area (Å²) in [4.78, 5) is 15.3. The van der Waals surface area contributed by atoms with E-state index in [2.05, 4.69) is 113 Å². The molecule has 0 aliphatic heterocycles. The van der Waals surface area contributed by atoms with Crippen molar-refractivity contribution in [1.82, 2.24) is 24.1 Å². The van der Waals surface area contributed by atoms with Gasteiger partial charge in [0.25, 0.3) is 0 Å². The van der Waals surface area contributed by atoms with Gasteiger partial charge in [-0.2, -0.15) is 9.97 Å². The van der Waals surface area contributed by atoms with E-state index < -0.39 is 0 Å². The molecule has 9 rings (SSSR count). The van der Waals surface area contributed by atoms with Crippen LogP contribution < -0.4 is 0 Å². The number of allylic oxidation sites excluding steroid dienone is 2. The van der Waals surface area contributed by atoms with Crippen molar-refractivity contribution in [2.45, 2.75) is 13.8 Å². The molecule has 0 saturated carbocycles. The average molecular weight is 648 g/mol. The Morgan fingerprint density at radius 1 is 0.420 bits per heavy atom. The number of benzene rings is 6. The number of aromatic nitrogens is 5. The van der Waals surface area contributed by atoms with E-state index in [4.69, 9.17) is 15.0 Å². The minimum absolute atomic E-state index is 0.585. The summed E-state index contributed by atoms with van der Waals surface area (Å²) in [6.45, 7) is 10.5. The fourth-order valence-corrected chi connectivity index (χ4v) is 6.45. The minimum atomic E-state index is 0.585. The van der Waals surface area contributed by atoms with Crippen molar-refractivity contribution in [3.63, 3.8) is 0 Å². The Morgan fingerprint density at radius 2 is 0.800 bits per heavy atom. The lowest BCUT2D eigenvalue weighted by Crippen LogP contribution is -2.07. The van der Waals surface area contributed by atoms with Gasteiger partial charge in [-0.25, -0.2) is 4.98 Å². The van der Waals surface area contributed by atoms with E-state index >= 15 is 0 Å². The smallest absolute Gasteiger partial charge is 0.238 e. The molecular weight excluding hydrogens is 611 g/mol. The minimum Gasteiger partial charge on any atom is -0.307 e. The second-order valence-corrected chi connectivity index (χ2v) is 11.7. The lowest BCUT2D eigenvalue weighted by Gasteiger charge is -2.13. The van der Waals surface area contributed by atoms with Gasteiger partial charge in [-0.05, 0) is 38.1 Å². The summed E-state index contributed by atoms with van der Waals surface area (Å²) < 4.78 is 4.60. The molecule has 0 atom stereocenters. The van der Waals surface area contributed by atoms with Crippen LogP contribution in [0.2, 0.25) is 0 Å². The molecule has 0 bridgehead atoms. The number of nitrogens with zero attached hydrogens (tertiary/aromatic N) is 5. The summed E-state index contributed by atoms with van der Waals surface area (Å²) in [6.07, 6.45) is 3.50. The third-order valence-electron chi connectivity index (χ3n) is 8.37. The maximum atomic E-state index is 5.17. The summed E-state index contributed by atoms with van der Waals surface area (Å²) in [5, 5.41) is 4.69. The predicted molar refractivity (Wildman–Crippen MR) is 211 cm³/mol. The highest BCUT2D eigenvalue weighted by atomic mass is 15.2. The fourth-order valence-electron chi connectivity index (χ4n) is 6.45. The lowest BCUT2D eigenvalue weighted by molar-refractivity contribution is 0.953. The summed E-state index contributed by atoms with van der Waals surface area (Å²) >= 11 is 0. The quantitative estimate of drug-likeness (QED) is 0.179. The number of rotatable bonds is 4. The van der Waals surface area contributed by atoms with Crippen LogP contribution in [0.4, 0.5) is 0 Å². The Balaban J connectivity index is 0.000000613. The van der Waals surface area contributed by atoms with E-state index in [0.29, 0.717) is 17.6 Å². The number of fused-ring (bicyclic) bond motifs is 7. The zero-order valence-electron chi connectivity index (χ0n) is 28.2. The molecule has 6 aromatic carbocycles. The first-order chi connectivity index (χ1) is 24.7. The highest BCUT2D eigenvalue weighted by Crippen LogP contribution is 2.41. The molecule has 0 aliphatic rings. The van der Waals surface area contributed by atoms with Crippen molar-refractivity contribution in [1.29, 1.82) is 0 Å². The van der Waals surface area contributed by atoms with Crippen molar-refractivity contribution in [3.05, 3.63) is 177 Å². The molecule has 50 heavy (non-hydrogen) atoms. The van der Waals surface area contributed by atoms with E-state index in [0.717, 1.165) is 49.7 Å². The van der Waals surface area contributed by atoms with E-state index in [-0.39, 0.29) is 0 Å². The Kier molecular flexibility index (Phi) is 9.12. The molecule has 0 N–H and O–H groups in total. The summed E-state index contributed by atoms with van der Waals surface area (Å²) in [5.74, 6) is 1.86. The topological polar surface area (TPSA) is 48.5 Å². The van der Waals surface area contributed by atoms with Crippen molar-refractivity contribution >= 4 is 43.6 Å². The normalized spacial score (nSPS) is 10.8. The van der Waals surface area contributed by atoms with Crippen molar-refractivity contribution in [2.24, 2.45) is 0 Å². The molecule has 0 aliphatic carbocycles. The van der Waals surface area contributed by atoms with Gasteiger partial charge in [-0.15, -0.1) is 13.2 Å². The molecule has 242 valence electrons. The van der Waals surface area contributed by atoms with Gasteiger partial charge in [0.15, 0.2) is 11.6 Å². The van der Waals surface area contributed by atoms with Gasteiger partial charge in [-0.3, -0.25) is 4.57 Å². The van der Waals surface area contributed by atoms with Gasteiger partial charge < -0.3 is 4.57 Å². The van der Waals surface area contributed by atoms with Gasteiger partial charge in [0.2, 0.25) is 5.95 Å². The fraction of sp³-hybridized carbons (Fsp3) is 0.0444. The summed E-state index contributed by atoms with van der Waals surface area (Å²) in [6, 6.07) is 52.5. The van der Waals surface area contributed by atoms with E-state index in [1.807, 2.05) is 74.5 Å². The van der Waals surface area contributed by atoms with Crippen LogP contribution in [-0.4, -0.2) is 24.1 Å². The molecule has 5 nitrogen and oxygen atoms in total. The zero-order valence-corrected chi connectivity index (χ0v) is 28.2. The Bertz CT molecular complexity index is 2520. The van der Waals surface area contributed by atoms with Crippen LogP contribution >= 0.6 is 0 Å². The number of para-hydroxylation sites is 3. The number of hydrogen-bond acceptors (Lipinski definition) is 3. The van der Waals surface area contributed by atoms with Crippen LogP contribution in [0.3, 0.4) is 0 Å². The lowest BCUT2D eigenvalue weighted by atomic mass is 10.1. The molecule has 0 fully saturated rings. The highest BCUT2D eigenvalue weighted by molar-refractivity contribution is 6.23. The molecule has 0 amide bonds. The Hall–Kier alpha value is -6.59. The first kappa shape index (κ1) is 32.0. The first-order valence-electron chi connectivity index (χ1n) is 16.7. The number of hydrogen-bond donors (Lipinski definition) is 0. The van der Waals surface area contributed by atoms with Crippen LogP contribution in [-0.2, 0) is 0 Å². The van der Waals surface area contributed by atoms with Crippen LogP contribution in [0.25, 0.3) is 78.0 Å². The molecule has 5 heteroatoms. The SMILES string of the molecule is C=CC.C=CC.c1ccc(-c2nc(-c3ccccc3)nc(-n3c4ccccc4c4ccc5c6ccccc6n(-c6ccccc6)c5c43)n2)cc1. The van der Waals surface area contributed by atoms with Gasteiger partial charge in [0, 0.05) is 38.4 Å². The molecule has 0 saturated heterocycles. The highest BCUT2D eigenvalue weighted by Gasteiger charge is 2.23. The van der Waals surface area contributed by atoms with Crippen LogP contribution in [0, 0.1) is 0 Å². The third-order valence-corrected chi connectivity index (χ3v) is 8.37. The predicted octanol–water partition coefficient (Wildman–Crippen LogP) is 11.8. The molecule has 9 aromatic rings. The van der Waals surface area contributed by atoms with Gasteiger partial charge in [-0.1, -0.05) is 140 Å². The van der Waals surface area contributed by atoms with Gasteiger partial charge in [0.1, 0.15) is 0 Å². The molecular formula is C45H37N5. The molecule has 3 heterocycles. The standard InChI is InChI=1S/C39H25N5.2C3H6/c1-4-14-26(15-5-1)37-40-38(27-16-6-2-7-17-27)42-39(41-37)44-34-23-13-11-21-30(34)32-25-24-31-29-20-10-12-22-33(29)43(35(31)36(32)44)28-18-8-3-9-19-28;2*1-3-2/h1-25H;2*3H,1H2,2H3. The largest absolute Gasteiger partial charge is 0.307 e. The maximum absolute atomic E-state index is 5.17. The van der Waals surface area contributed by atoms with Gasteiger partial charge >= 0.3 is 0 Å². The summed E-state index contributed by atoms with van der Waals surface area (Å²) in [5.41, 5.74) is 7.37. The Morgan fingerprint density at radius 3 is 1.28 bits per heavy atom. The van der Waals surface area contributed by atoms with Crippen LogP contribution in [0.15, 0.2) is 177 Å². The van der Waals surface area contributed by atoms with Crippen molar-refractivity contribution in [2.75, 3.05) is 0 Å².